The van der Waals surface area contributed by atoms with Crippen LogP contribution in [0.2, 0.25) is 0 Å². The van der Waals surface area contributed by atoms with Gasteiger partial charge in [-0.2, -0.15) is 0 Å². The Labute approximate surface area is 141 Å². The Balaban J connectivity index is 1.91. The minimum Gasteiger partial charge on any atom is -0.493 e. The molecule has 4 nitrogen and oxygen atoms in total. The van der Waals surface area contributed by atoms with E-state index in [-0.39, 0.29) is 0 Å². The van der Waals surface area contributed by atoms with Crippen molar-refractivity contribution in [1.82, 2.24) is 5.32 Å². The van der Waals surface area contributed by atoms with E-state index in [2.05, 4.69) is 34.2 Å². The van der Waals surface area contributed by atoms with E-state index in [1.807, 2.05) is 6.07 Å². The molecule has 1 saturated heterocycles. The fourth-order valence-electron chi connectivity index (χ4n) is 2.61. The number of hydrogen-bond acceptors (Lipinski definition) is 4. The van der Waals surface area contributed by atoms with Gasteiger partial charge in [0.1, 0.15) is 0 Å². The molecule has 1 fully saturated rings. The molecule has 1 heterocycles. The fourth-order valence-corrected chi connectivity index (χ4v) is 3.21. The van der Waals surface area contributed by atoms with Crippen molar-refractivity contribution in [2.24, 2.45) is 5.92 Å². The second-order valence-electron chi connectivity index (χ2n) is 5.67. The van der Waals surface area contributed by atoms with E-state index >= 15 is 0 Å². The zero-order chi connectivity index (χ0) is 15.8. The predicted octanol–water partition coefficient (Wildman–Crippen LogP) is 3.76. The van der Waals surface area contributed by atoms with Gasteiger partial charge in [-0.3, -0.25) is 0 Å². The molecule has 2 rings (SSSR count). The van der Waals surface area contributed by atoms with Crippen LogP contribution in [0.5, 0.6) is 11.5 Å². The molecule has 0 bridgehead atoms. The second kappa shape index (κ2) is 9.38. The molecule has 0 aliphatic carbocycles. The van der Waals surface area contributed by atoms with Crippen molar-refractivity contribution >= 4 is 15.9 Å². The van der Waals surface area contributed by atoms with E-state index in [1.54, 1.807) is 7.11 Å². The highest BCUT2D eigenvalue weighted by molar-refractivity contribution is 9.10. The van der Waals surface area contributed by atoms with Gasteiger partial charge in [0.05, 0.1) is 24.8 Å². The van der Waals surface area contributed by atoms with E-state index < -0.39 is 0 Å². The van der Waals surface area contributed by atoms with Crippen LogP contribution in [0.4, 0.5) is 0 Å². The maximum absolute atomic E-state index is 5.75. The first-order chi connectivity index (χ1) is 10.7. The fraction of sp³-hybridized carbons (Fsp3) is 0.647. The Hall–Kier alpha value is -0.780. The molecule has 124 valence electrons. The molecule has 1 aliphatic rings. The zero-order valence-corrected chi connectivity index (χ0v) is 15.1. The zero-order valence-electron chi connectivity index (χ0n) is 13.5. The van der Waals surface area contributed by atoms with Gasteiger partial charge >= 0.3 is 0 Å². The highest BCUT2D eigenvalue weighted by atomic mass is 79.9. The van der Waals surface area contributed by atoms with Crippen LogP contribution in [0.25, 0.3) is 0 Å². The summed E-state index contributed by atoms with van der Waals surface area (Å²) in [6.45, 7) is 6.39. The van der Waals surface area contributed by atoms with Crippen LogP contribution in [0.3, 0.4) is 0 Å². The Morgan fingerprint density at radius 1 is 1.41 bits per heavy atom. The molecule has 1 N–H and O–H groups in total. The van der Waals surface area contributed by atoms with Crippen LogP contribution in [-0.2, 0) is 11.3 Å². The topological polar surface area (TPSA) is 39.7 Å². The maximum atomic E-state index is 5.75. The number of ether oxygens (including phenoxy) is 3. The van der Waals surface area contributed by atoms with Crippen molar-refractivity contribution < 1.29 is 14.2 Å². The third-order valence-corrected chi connectivity index (χ3v) is 4.35. The molecule has 5 heteroatoms. The van der Waals surface area contributed by atoms with Crippen LogP contribution >= 0.6 is 15.9 Å². The highest BCUT2D eigenvalue weighted by Crippen LogP contribution is 2.36. The number of halogens is 1. The Morgan fingerprint density at radius 2 is 2.27 bits per heavy atom. The first-order valence-electron chi connectivity index (χ1n) is 8.02. The van der Waals surface area contributed by atoms with Crippen LogP contribution in [0, 0.1) is 5.92 Å². The van der Waals surface area contributed by atoms with Gasteiger partial charge in [0.2, 0.25) is 0 Å². The number of methoxy groups -OCH3 is 1. The van der Waals surface area contributed by atoms with Gasteiger partial charge < -0.3 is 19.5 Å². The van der Waals surface area contributed by atoms with Gasteiger partial charge in [-0.15, -0.1) is 0 Å². The Morgan fingerprint density at radius 3 is 2.95 bits per heavy atom. The average Bonchev–Trinajstić information content (AvgIpc) is 2.54. The summed E-state index contributed by atoms with van der Waals surface area (Å²) < 4.78 is 17.7. The summed E-state index contributed by atoms with van der Waals surface area (Å²) in [6.07, 6.45) is 3.40. The Bertz CT molecular complexity index is 461. The van der Waals surface area contributed by atoms with Crippen molar-refractivity contribution in [2.75, 3.05) is 33.5 Å². The molecule has 0 aromatic heterocycles. The number of nitrogens with one attached hydrogen (secondary N) is 1. The molecule has 1 unspecified atom stereocenters. The van der Waals surface area contributed by atoms with E-state index in [9.17, 15) is 0 Å². The van der Waals surface area contributed by atoms with Crippen LogP contribution in [0.15, 0.2) is 16.6 Å². The third kappa shape index (κ3) is 5.14. The minimum absolute atomic E-state index is 0.631. The van der Waals surface area contributed by atoms with E-state index in [0.29, 0.717) is 12.5 Å². The molecule has 22 heavy (non-hydrogen) atoms. The SMILES string of the molecule is CCCOc1c(Br)cc(CNCC2CCCOC2)cc1OC. The summed E-state index contributed by atoms with van der Waals surface area (Å²) >= 11 is 3.58. The first kappa shape index (κ1) is 17.6. The van der Waals surface area contributed by atoms with E-state index in [1.165, 1.54) is 18.4 Å². The number of hydrogen-bond donors (Lipinski definition) is 1. The van der Waals surface area contributed by atoms with Crippen molar-refractivity contribution in [3.8, 4) is 11.5 Å². The average molecular weight is 372 g/mol. The largest absolute Gasteiger partial charge is 0.493 e. The summed E-state index contributed by atoms with van der Waals surface area (Å²) in [4.78, 5) is 0. The second-order valence-corrected chi connectivity index (χ2v) is 6.53. The third-order valence-electron chi connectivity index (χ3n) is 3.76. The minimum atomic E-state index is 0.631. The lowest BCUT2D eigenvalue weighted by molar-refractivity contribution is 0.0547. The summed E-state index contributed by atoms with van der Waals surface area (Å²) in [5, 5.41) is 3.52. The lowest BCUT2D eigenvalue weighted by atomic mass is 10.0. The van der Waals surface area contributed by atoms with Crippen LogP contribution in [-0.4, -0.2) is 33.5 Å². The molecule has 0 radical (unpaired) electrons. The van der Waals surface area contributed by atoms with Gasteiger partial charge in [0, 0.05) is 19.7 Å². The van der Waals surface area contributed by atoms with Crippen molar-refractivity contribution in [3.63, 3.8) is 0 Å². The number of benzene rings is 1. The van der Waals surface area contributed by atoms with Crippen LogP contribution < -0.4 is 14.8 Å². The monoisotopic (exact) mass is 371 g/mol. The van der Waals surface area contributed by atoms with Crippen molar-refractivity contribution in [2.45, 2.75) is 32.7 Å². The van der Waals surface area contributed by atoms with Crippen molar-refractivity contribution in [1.29, 1.82) is 0 Å². The van der Waals surface area contributed by atoms with Gasteiger partial charge in [-0.1, -0.05) is 6.92 Å². The normalized spacial score (nSPS) is 18.2. The quantitative estimate of drug-likeness (QED) is 0.754. The Kier molecular flexibility index (Phi) is 7.49. The van der Waals surface area contributed by atoms with Gasteiger partial charge in [-0.25, -0.2) is 0 Å². The smallest absolute Gasteiger partial charge is 0.175 e. The summed E-state index contributed by atoms with van der Waals surface area (Å²) in [5.41, 5.74) is 1.18. The molecule has 1 aliphatic heterocycles. The molecule has 0 amide bonds. The molecule has 1 aromatic rings. The molecule has 0 saturated carbocycles. The molecular formula is C17H26BrNO3. The maximum Gasteiger partial charge on any atom is 0.175 e. The predicted molar refractivity (Wildman–Crippen MR) is 91.7 cm³/mol. The highest BCUT2D eigenvalue weighted by Gasteiger charge is 2.14. The summed E-state index contributed by atoms with van der Waals surface area (Å²) in [5.74, 6) is 2.20. The van der Waals surface area contributed by atoms with Gasteiger partial charge in [0.25, 0.3) is 0 Å². The number of rotatable bonds is 8. The lowest BCUT2D eigenvalue weighted by Crippen LogP contribution is -2.28. The lowest BCUT2D eigenvalue weighted by Gasteiger charge is -2.22. The van der Waals surface area contributed by atoms with Gasteiger partial charge in [-0.05, 0) is 58.8 Å². The van der Waals surface area contributed by atoms with E-state index in [4.69, 9.17) is 14.2 Å². The van der Waals surface area contributed by atoms with Crippen molar-refractivity contribution in [3.05, 3.63) is 22.2 Å². The standard InChI is InChI=1S/C17H26BrNO3/c1-3-6-22-17-15(18)8-14(9-16(17)20-2)11-19-10-13-5-4-7-21-12-13/h8-9,13,19H,3-7,10-12H2,1-2H3. The molecular weight excluding hydrogens is 346 g/mol. The molecule has 1 atom stereocenters. The molecule has 0 spiro atoms. The van der Waals surface area contributed by atoms with E-state index in [0.717, 1.165) is 48.7 Å². The van der Waals surface area contributed by atoms with Crippen LogP contribution in [0.1, 0.15) is 31.7 Å². The molecule has 1 aromatic carbocycles. The first-order valence-corrected chi connectivity index (χ1v) is 8.81. The summed E-state index contributed by atoms with van der Waals surface area (Å²) in [6, 6.07) is 4.14. The summed E-state index contributed by atoms with van der Waals surface area (Å²) in [7, 11) is 1.68. The van der Waals surface area contributed by atoms with Gasteiger partial charge in [0.15, 0.2) is 11.5 Å².